The van der Waals surface area contributed by atoms with Gasteiger partial charge in [-0.3, -0.25) is 0 Å². The summed E-state index contributed by atoms with van der Waals surface area (Å²) < 4.78 is 8.22. The Kier molecular flexibility index (Phi) is 3.23. The number of rotatable bonds is 2. The third-order valence-electron chi connectivity index (χ3n) is 4.66. The average Bonchev–Trinajstić information content (AvgIpc) is 3.02. The van der Waals surface area contributed by atoms with Gasteiger partial charge in [0.05, 0.1) is 12.6 Å². The monoisotopic (exact) mass is 283 g/mol. The maximum absolute atomic E-state index is 10.2. The molecule has 1 N–H and O–H groups in total. The van der Waals surface area contributed by atoms with Crippen LogP contribution >= 0.6 is 0 Å². The maximum atomic E-state index is 10.2. The Labute approximate surface area is 125 Å². The van der Waals surface area contributed by atoms with E-state index in [0.717, 1.165) is 43.5 Å². The van der Waals surface area contributed by atoms with Crippen LogP contribution in [0.1, 0.15) is 42.1 Å². The molecule has 1 aromatic heterocycles. The molecule has 0 saturated heterocycles. The average molecular weight is 283 g/mol. The zero-order valence-electron chi connectivity index (χ0n) is 12.2. The number of para-hydroxylation sites is 1. The highest BCUT2D eigenvalue weighted by atomic mass is 16.5. The first-order chi connectivity index (χ1) is 10.3. The van der Waals surface area contributed by atoms with Crippen molar-refractivity contribution in [1.82, 2.24) is 4.57 Å². The van der Waals surface area contributed by atoms with E-state index in [1.54, 1.807) is 0 Å². The number of benzene rings is 1. The number of ether oxygens (including phenoxy) is 1. The summed E-state index contributed by atoms with van der Waals surface area (Å²) in [5, 5.41) is 10.2. The molecule has 2 unspecified atom stereocenters. The van der Waals surface area contributed by atoms with Gasteiger partial charge in [0.2, 0.25) is 0 Å². The molecule has 2 heterocycles. The fourth-order valence-corrected chi connectivity index (χ4v) is 3.59. The SMILES string of the molecule is OC1CCCCc2cn(CC3Cc4ccccc4O3)cc21. The lowest BCUT2D eigenvalue weighted by Crippen LogP contribution is -2.20. The van der Waals surface area contributed by atoms with E-state index in [-0.39, 0.29) is 12.2 Å². The van der Waals surface area contributed by atoms with Crippen molar-refractivity contribution in [3.8, 4) is 5.75 Å². The Balaban J connectivity index is 1.51. The van der Waals surface area contributed by atoms with E-state index in [0.29, 0.717) is 0 Å². The molecule has 0 fully saturated rings. The first-order valence-corrected chi connectivity index (χ1v) is 7.91. The molecule has 1 aliphatic carbocycles. The van der Waals surface area contributed by atoms with Gasteiger partial charge in [0.25, 0.3) is 0 Å². The highest BCUT2D eigenvalue weighted by molar-refractivity contribution is 5.37. The van der Waals surface area contributed by atoms with Gasteiger partial charge in [-0.15, -0.1) is 0 Å². The summed E-state index contributed by atoms with van der Waals surface area (Å²) >= 11 is 0. The minimum atomic E-state index is -0.287. The van der Waals surface area contributed by atoms with Gasteiger partial charge in [-0.2, -0.15) is 0 Å². The van der Waals surface area contributed by atoms with Crippen LogP contribution in [0.2, 0.25) is 0 Å². The number of aliphatic hydroxyl groups is 1. The zero-order chi connectivity index (χ0) is 14.2. The lowest BCUT2D eigenvalue weighted by molar-refractivity contribution is 0.166. The largest absolute Gasteiger partial charge is 0.488 e. The molecular weight excluding hydrogens is 262 g/mol. The van der Waals surface area contributed by atoms with Crippen molar-refractivity contribution in [1.29, 1.82) is 0 Å². The standard InChI is InChI=1S/C18H21NO2/c20-17-7-3-1-6-14-10-19(12-16(14)17)11-15-9-13-5-2-4-8-18(13)21-15/h2,4-5,8,10,12,15,17,20H,1,3,6-7,9,11H2. The molecule has 110 valence electrons. The number of aryl methyl sites for hydroxylation is 1. The van der Waals surface area contributed by atoms with Gasteiger partial charge in [-0.1, -0.05) is 24.6 Å². The van der Waals surface area contributed by atoms with E-state index in [1.165, 1.54) is 17.5 Å². The van der Waals surface area contributed by atoms with Crippen molar-refractivity contribution >= 4 is 0 Å². The molecule has 0 bridgehead atoms. The highest BCUT2D eigenvalue weighted by Crippen LogP contribution is 2.31. The van der Waals surface area contributed by atoms with Gasteiger partial charge in [0.15, 0.2) is 0 Å². The lowest BCUT2D eigenvalue weighted by atomic mass is 10.1. The summed E-state index contributed by atoms with van der Waals surface area (Å²) in [5.41, 5.74) is 3.75. The molecule has 3 nitrogen and oxygen atoms in total. The molecule has 3 heteroatoms. The van der Waals surface area contributed by atoms with E-state index in [9.17, 15) is 5.11 Å². The summed E-state index contributed by atoms with van der Waals surface area (Å²) in [6.07, 6.45) is 9.50. The summed E-state index contributed by atoms with van der Waals surface area (Å²) in [6, 6.07) is 8.28. The second-order valence-electron chi connectivity index (χ2n) is 6.25. The molecule has 0 spiro atoms. The van der Waals surface area contributed by atoms with Crippen molar-refractivity contribution < 1.29 is 9.84 Å². The van der Waals surface area contributed by atoms with Crippen molar-refractivity contribution in [2.75, 3.05) is 0 Å². The minimum Gasteiger partial charge on any atom is -0.488 e. The first-order valence-electron chi connectivity index (χ1n) is 7.91. The Morgan fingerprint density at radius 3 is 2.95 bits per heavy atom. The lowest BCUT2D eigenvalue weighted by Gasteiger charge is -2.12. The molecule has 1 aliphatic heterocycles. The minimum absolute atomic E-state index is 0.204. The third kappa shape index (κ3) is 2.46. The first kappa shape index (κ1) is 13.0. The number of fused-ring (bicyclic) bond motifs is 2. The van der Waals surface area contributed by atoms with Crippen molar-refractivity contribution in [3.05, 3.63) is 53.3 Å². The molecule has 2 aromatic rings. The molecule has 4 rings (SSSR count). The van der Waals surface area contributed by atoms with Gasteiger partial charge < -0.3 is 14.4 Å². The van der Waals surface area contributed by atoms with Crippen molar-refractivity contribution in [2.45, 2.75) is 50.9 Å². The van der Waals surface area contributed by atoms with E-state index < -0.39 is 0 Å². The van der Waals surface area contributed by atoms with Crippen LogP contribution in [-0.2, 0) is 19.4 Å². The Morgan fingerprint density at radius 2 is 2.05 bits per heavy atom. The summed E-state index contributed by atoms with van der Waals surface area (Å²) in [5.74, 6) is 1.02. The summed E-state index contributed by atoms with van der Waals surface area (Å²) in [4.78, 5) is 0. The number of nitrogens with zero attached hydrogens (tertiary/aromatic N) is 1. The van der Waals surface area contributed by atoms with Crippen LogP contribution in [0.4, 0.5) is 0 Å². The van der Waals surface area contributed by atoms with Gasteiger partial charge in [0.1, 0.15) is 11.9 Å². The van der Waals surface area contributed by atoms with E-state index in [4.69, 9.17) is 4.74 Å². The topological polar surface area (TPSA) is 34.4 Å². The summed E-state index contributed by atoms with van der Waals surface area (Å²) in [7, 11) is 0. The molecule has 0 amide bonds. The molecule has 2 atom stereocenters. The normalized spacial score (nSPS) is 24.0. The predicted octanol–water partition coefficient (Wildman–Crippen LogP) is 3.25. The van der Waals surface area contributed by atoms with E-state index >= 15 is 0 Å². The van der Waals surface area contributed by atoms with Crippen molar-refractivity contribution in [3.63, 3.8) is 0 Å². The van der Waals surface area contributed by atoms with E-state index in [1.807, 2.05) is 12.1 Å². The smallest absolute Gasteiger partial charge is 0.123 e. The number of aromatic nitrogens is 1. The fourth-order valence-electron chi connectivity index (χ4n) is 3.59. The van der Waals surface area contributed by atoms with Crippen LogP contribution in [0.15, 0.2) is 36.7 Å². The number of hydrogen-bond acceptors (Lipinski definition) is 2. The maximum Gasteiger partial charge on any atom is 0.123 e. The zero-order valence-corrected chi connectivity index (χ0v) is 12.2. The Bertz CT molecular complexity index is 621. The molecule has 0 radical (unpaired) electrons. The Morgan fingerprint density at radius 1 is 1.14 bits per heavy atom. The molecule has 21 heavy (non-hydrogen) atoms. The third-order valence-corrected chi connectivity index (χ3v) is 4.66. The van der Waals surface area contributed by atoms with Gasteiger partial charge >= 0.3 is 0 Å². The second kappa shape index (κ2) is 5.23. The van der Waals surface area contributed by atoms with Gasteiger partial charge in [0, 0.05) is 24.4 Å². The van der Waals surface area contributed by atoms with E-state index in [2.05, 4.69) is 29.1 Å². The van der Waals surface area contributed by atoms with Crippen LogP contribution in [0, 0.1) is 0 Å². The number of hydrogen-bond donors (Lipinski definition) is 1. The van der Waals surface area contributed by atoms with Gasteiger partial charge in [-0.25, -0.2) is 0 Å². The molecular formula is C18H21NO2. The summed E-state index contributed by atoms with van der Waals surface area (Å²) in [6.45, 7) is 0.856. The van der Waals surface area contributed by atoms with Crippen LogP contribution < -0.4 is 4.74 Å². The van der Waals surface area contributed by atoms with Crippen LogP contribution in [0.25, 0.3) is 0 Å². The highest BCUT2D eigenvalue weighted by Gasteiger charge is 2.24. The van der Waals surface area contributed by atoms with Gasteiger partial charge in [-0.05, 0) is 36.5 Å². The Hall–Kier alpha value is -1.74. The van der Waals surface area contributed by atoms with Crippen molar-refractivity contribution in [2.24, 2.45) is 0 Å². The second-order valence-corrected chi connectivity index (χ2v) is 6.25. The quantitative estimate of drug-likeness (QED) is 0.859. The number of aliphatic hydroxyl groups excluding tert-OH is 1. The molecule has 1 aromatic carbocycles. The molecule has 0 saturated carbocycles. The predicted molar refractivity (Wildman–Crippen MR) is 81.5 cm³/mol. The van der Waals surface area contributed by atoms with Crippen LogP contribution in [0.3, 0.4) is 0 Å². The molecule has 2 aliphatic rings. The fraction of sp³-hybridized carbons (Fsp3) is 0.444. The van der Waals surface area contributed by atoms with Crippen LogP contribution in [-0.4, -0.2) is 15.8 Å². The van der Waals surface area contributed by atoms with Crippen LogP contribution in [0.5, 0.6) is 5.75 Å².